The van der Waals surface area contributed by atoms with Crippen LogP contribution >= 0.6 is 11.6 Å². The third-order valence-corrected chi connectivity index (χ3v) is 4.53. The van der Waals surface area contributed by atoms with Gasteiger partial charge in [-0.15, -0.1) is 0 Å². The molecule has 0 bridgehead atoms. The first kappa shape index (κ1) is 15.3. The van der Waals surface area contributed by atoms with E-state index in [4.69, 9.17) is 17.3 Å². The maximum atomic E-state index is 11.8. The number of halogens is 1. The first-order valence-corrected chi connectivity index (χ1v) is 7.71. The van der Waals surface area contributed by atoms with Crippen LogP contribution in [0.15, 0.2) is 24.3 Å². The van der Waals surface area contributed by atoms with Crippen molar-refractivity contribution in [3.05, 3.63) is 34.9 Å². The second-order valence-electron chi connectivity index (χ2n) is 5.85. The summed E-state index contributed by atoms with van der Waals surface area (Å²) in [5, 5.41) is 3.76. The molecule has 0 saturated heterocycles. The van der Waals surface area contributed by atoms with E-state index in [-0.39, 0.29) is 11.3 Å². The van der Waals surface area contributed by atoms with E-state index in [1.807, 2.05) is 12.1 Å². The van der Waals surface area contributed by atoms with Crippen LogP contribution in [0.1, 0.15) is 44.6 Å². The summed E-state index contributed by atoms with van der Waals surface area (Å²) < 4.78 is 0. The topological polar surface area (TPSA) is 55.1 Å². The fourth-order valence-electron chi connectivity index (χ4n) is 3.02. The molecule has 0 aromatic heterocycles. The summed E-state index contributed by atoms with van der Waals surface area (Å²) in [7, 11) is 0. The molecule has 0 unspecified atom stereocenters. The SMILES string of the molecule is C[C@@H](N)C(=O)NCC1(c2ccc(Cl)cc2)CCCCC1. The second-order valence-corrected chi connectivity index (χ2v) is 6.29. The molecule has 1 aromatic carbocycles. The Bertz CT molecular complexity index is 450. The fraction of sp³-hybridized carbons (Fsp3) is 0.562. The molecule has 3 N–H and O–H groups in total. The van der Waals surface area contributed by atoms with Crippen molar-refractivity contribution in [2.24, 2.45) is 5.73 Å². The van der Waals surface area contributed by atoms with E-state index in [0.717, 1.165) is 17.9 Å². The van der Waals surface area contributed by atoms with Gasteiger partial charge in [-0.2, -0.15) is 0 Å². The summed E-state index contributed by atoms with van der Waals surface area (Å²) in [6.45, 7) is 2.38. The molecule has 0 heterocycles. The highest BCUT2D eigenvalue weighted by Gasteiger charge is 2.34. The number of amides is 1. The Hall–Kier alpha value is -1.06. The van der Waals surface area contributed by atoms with Gasteiger partial charge in [-0.3, -0.25) is 4.79 Å². The van der Waals surface area contributed by atoms with Gasteiger partial charge in [0.2, 0.25) is 5.91 Å². The van der Waals surface area contributed by atoms with Crippen LogP contribution in [-0.4, -0.2) is 18.5 Å². The number of hydrogen-bond donors (Lipinski definition) is 2. The lowest BCUT2D eigenvalue weighted by molar-refractivity contribution is -0.122. The molecule has 1 aromatic rings. The van der Waals surface area contributed by atoms with E-state index in [1.54, 1.807) is 6.92 Å². The smallest absolute Gasteiger partial charge is 0.236 e. The average Bonchev–Trinajstić information content (AvgIpc) is 2.46. The van der Waals surface area contributed by atoms with Crippen molar-refractivity contribution in [1.29, 1.82) is 0 Å². The van der Waals surface area contributed by atoms with Crippen LogP contribution in [0.4, 0.5) is 0 Å². The van der Waals surface area contributed by atoms with Crippen LogP contribution < -0.4 is 11.1 Å². The molecule has 110 valence electrons. The van der Waals surface area contributed by atoms with E-state index < -0.39 is 6.04 Å². The maximum absolute atomic E-state index is 11.8. The summed E-state index contributed by atoms with van der Waals surface area (Å²) in [6, 6.07) is 7.58. The third-order valence-electron chi connectivity index (χ3n) is 4.28. The van der Waals surface area contributed by atoms with Gasteiger partial charge in [0, 0.05) is 17.0 Å². The van der Waals surface area contributed by atoms with Crippen molar-refractivity contribution in [2.45, 2.75) is 50.5 Å². The van der Waals surface area contributed by atoms with Gasteiger partial charge in [0.15, 0.2) is 0 Å². The largest absolute Gasteiger partial charge is 0.354 e. The van der Waals surface area contributed by atoms with Crippen LogP contribution in [-0.2, 0) is 10.2 Å². The average molecular weight is 295 g/mol. The fourth-order valence-corrected chi connectivity index (χ4v) is 3.14. The van der Waals surface area contributed by atoms with Crippen LogP contribution in [0.3, 0.4) is 0 Å². The Morgan fingerprint density at radius 2 is 1.90 bits per heavy atom. The molecule has 1 saturated carbocycles. The maximum Gasteiger partial charge on any atom is 0.236 e. The predicted octanol–water partition coefficient (Wildman–Crippen LogP) is 3.01. The Morgan fingerprint density at radius 3 is 2.45 bits per heavy atom. The van der Waals surface area contributed by atoms with Crippen LogP contribution in [0.25, 0.3) is 0 Å². The van der Waals surface area contributed by atoms with Crippen molar-refractivity contribution in [3.8, 4) is 0 Å². The quantitative estimate of drug-likeness (QED) is 0.897. The first-order chi connectivity index (χ1) is 9.53. The number of hydrogen-bond acceptors (Lipinski definition) is 2. The van der Waals surface area contributed by atoms with Crippen molar-refractivity contribution in [3.63, 3.8) is 0 Å². The Morgan fingerprint density at radius 1 is 1.30 bits per heavy atom. The van der Waals surface area contributed by atoms with Gasteiger partial charge >= 0.3 is 0 Å². The Balaban J connectivity index is 2.17. The van der Waals surface area contributed by atoms with Crippen LogP contribution in [0, 0.1) is 0 Å². The van der Waals surface area contributed by atoms with E-state index in [9.17, 15) is 4.79 Å². The van der Waals surface area contributed by atoms with Crippen molar-refractivity contribution in [2.75, 3.05) is 6.54 Å². The lowest BCUT2D eigenvalue weighted by Crippen LogP contribution is -2.46. The number of carbonyl (C=O) groups is 1. The minimum atomic E-state index is -0.458. The van der Waals surface area contributed by atoms with Crippen molar-refractivity contribution in [1.82, 2.24) is 5.32 Å². The number of rotatable bonds is 4. The van der Waals surface area contributed by atoms with Crippen LogP contribution in [0.2, 0.25) is 5.02 Å². The standard InChI is InChI=1S/C16H23ClN2O/c1-12(18)15(20)19-11-16(9-3-2-4-10-16)13-5-7-14(17)8-6-13/h5-8,12H,2-4,9-11,18H2,1H3,(H,19,20)/t12-/m1/s1. The molecule has 1 atom stereocenters. The van der Waals surface area contributed by atoms with Gasteiger partial charge in [0.25, 0.3) is 0 Å². The lowest BCUT2D eigenvalue weighted by Gasteiger charge is -2.38. The van der Waals surface area contributed by atoms with Crippen molar-refractivity contribution >= 4 is 17.5 Å². The van der Waals surface area contributed by atoms with Gasteiger partial charge in [0.1, 0.15) is 0 Å². The molecule has 1 amide bonds. The summed E-state index contributed by atoms with van der Waals surface area (Å²) in [4.78, 5) is 11.8. The molecule has 2 rings (SSSR count). The molecular weight excluding hydrogens is 272 g/mol. The number of carbonyl (C=O) groups excluding carboxylic acids is 1. The van der Waals surface area contributed by atoms with E-state index in [0.29, 0.717) is 6.54 Å². The molecule has 0 spiro atoms. The normalized spacial score (nSPS) is 19.4. The monoisotopic (exact) mass is 294 g/mol. The molecule has 1 aliphatic rings. The van der Waals surface area contributed by atoms with E-state index >= 15 is 0 Å². The Labute approximate surface area is 125 Å². The zero-order valence-corrected chi connectivity index (χ0v) is 12.7. The molecule has 4 heteroatoms. The minimum Gasteiger partial charge on any atom is -0.354 e. The van der Waals surface area contributed by atoms with Gasteiger partial charge in [-0.05, 0) is 37.5 Å². The molecule has 1 aliphatic carbocycles. The van der Waals surface area contributed by atoms with Crippen LogP contribution in [0.5, 0.6) is 0 Å². The summed E-state index contributed by atoms with van der Waals surface area (Å²) in [6.07, 6.45) is 5.89. The summed E-state index contributed by atoms with van der Waals surface area (Å²) in [5.41, 5.74) is 6.93. The molecule has 20 heavy (non-hydrogen) atoms. The molecule has 0 radical (unpaired) electrons. The highest BCUT2D eigenvalue weighted by Crippen LogP contribution is 2.39. The number of nitrogens with one attached hydrogen (secondary N) is 1. The molecular formula is C16H23ClN2O. The number of benzene rings is 1. The first-order valence-electron chi connectivity index (χ1n) is 7.33. The molecule has 3 nitrogen and oxygen atoms in total. The molecule has 0 aliphatic heterocycles. The van der Waals surface area contributed by atoms with Gasteiger partial charge in [-0.1, -0.05) is 43.0 Å². The van der Waals surface area contributed by atoms with E-state index in [1.165, 1.54) is 24.8 Å². The third kappa shape index (κ3) is 3.53. The summed E-state index contributed by atoms with van der Waals surface area (Å²) >= 11 is 5.98. The van der Waals surface area contributed by atoms with Gasteiger partial charge in [0.05, 0.1) is 6.04 Å². The highest BCUT2D eigenvalue weighted by molar-refractivity contribution is 6.30. The summed E-state index contributed by atoms with van der Waals surface area (Å²) in [5.74, 6) is -0.0797. The van der Waals surface area contributed by atoms with Crippen molar-refractivity contribution < 1.29 is 4.79 Å². The predicted molar refractivity (Wildman–Crippen MR) is 82.9 cm³/mol. The zero-order chi connectivity index (χ0) is 14.6. The Kier molecular flexibility index (Phi) is 5.06. The lowest BCUT2D eigenvalue weighted by atomic mass is 9.69. The number of nitrogens with two attached hydrogens (primary N) is 1. The minimum absolute atomic E-state index is 0.0351. The van der Waals surface area contributed by atoms with E-state index in [2.05, 4.69) is 17.4 Å². The van der Waals surface area contributed by atoms with Gasteiger partial charge in [-0.25, -0.2) is 0 Å². The second kappa shape index (κ2) is 6.59. The zero-order valence-electron chi connectivity index (χ0n) is 12.0. The highest BCUT2D eigenvalue weighted by atomic mass is 35.5. The molecule has 1 fully saturated rings. The van der Waals surface area contributed by atoms with Gasteiger partial charge < -0.3 is 11.1 Å².